The predicted molar refractivity (Wildman–Crippen MR) is 191 cm³/mol. The molecule has 4 aromatic carbocycles. The van der Waals surface area contributed by atoms with E-state index in [2.05, 4.69) is 18.4 Å². The molecule has 1 aromatic heterocycles. The summed E-state index contributed by atoms with van der Waals surface area (Å²) in [6.07, 6.45) is 4.63. The van der Waals surface area contributed by atoms with Crippen LogP contribution in [0.15, 0.2) is 102 Å². The van der Waals surface area contributed by atoms with Crippen molar-refractivity contribution < 1.29 is 22.7 Å². The van der Waals surface area contributed by atoms with Gasteiger partial charge in [-0.25, -0.2) is 18.2 Å². The smallest absolute Gasteiger partial charge is 0.351 e. The summed E-state index contributed by atoms with van der Waals surface area (Å²) in [4.78, 5) is 17.8. The third kappa shape index (κ3) is 8.08. The zero-order valence-electron chi connectivity index (χ0n) is 28.3. The Bertz CT molecular complexity index is 1900. The van der Waals surface area contributed by atoms with E-state index in [1.165, 1.54) is 7.11 Å². The predicted octanol–water partition coefficient (Wildman–Crippen LogP) is 8.41. The van der Waals surface area contributed by atoms with Gasteiger partial charge in [-0.05, 0) is 67.8 Å². The molecule has 1 unspecified atom stereocenters. The summed E-state index contributed by atoms with van der Waals surface area (Å²) in [5.41, 5.74) is 5.08. The van der Waals surface area contributed by atoms with Crippen LogP contribution in [-0.2, 0) is 32.5 Å². The molecule has 0 amide bonds. The summed E-state index contributed by atoms with van der Waals surface area (Å²) in [5, 5.41) is 0. The standard InChI is InChI=1S/C39H45N3O5S/c1-5-7-12-26-42(48(44,45)34-23-16-29(3)17-24-34)32-20-25-35-36(27-32)41(37(40-35)15-8-6-2)28-30-18-21-33(22-19-30)47-38(39(43)46-4)31-13-10-9-11-14-31/h9-11,13-14,16-25,27,38H,5-8,12,15,26,28H2,1-4H3. The van der Waals surface area contributed by atoms with Crippen LogP contribution in [0.25, 0.3) is 11.0 Å². The van der Waals surface area contributed by atoms with E-state index < -0.39 is 22.1 Å². The lowest BCUT2D eigenvalue weighted by Gasteiger charge is -2.25. The molecule has 48 heavy (non-hydrogen) atoms. The number of esters is 1. The lowest BCUT2D eigenvalue weighted by Crippen LogP contribution is -2.32. The first-order valence-corrected chi connectivity index (χ1v) is 18.2. The number of aryl methyl sites for hydroxylation is 2. The summed E-state index contributed by atoms with van der Waals surface area (Å²) in [5.74, 6) is 1.03. The van der Waals surface area contributed by atoms with E-state index >= 15 is 0 Å². The van der Waals surface area contributed by atoms with Gasteiger partial charge < -0.3 is 14.0 Å². The number of unbranched alkanes of at least 4 members (excludes halogenated alkanes) is 3. The van der Waals surface area contributed by atoms with Crippen LogP contribution in [0.1, 0.15) is 74.6 Å². The number of carbonyl (C=O) groups excluding carboxylic acids is 1. The third-order valence-corrected chi connectivity index (χ3v) is 10.3. The second-order valence-electron chi connectivity index (χ2n) is 12.1. The van der Waals surface area contributed by atoms with Gasteiger partial charge in [-0.3, -0.25) is 4.31 Å². The molecule has 0 spiro atoms. The number of anilines is 1. The van der Waals surface area contributed by atoms with E-state index in [9.17, 15) is 13.2 Å². The number of benzene rings is 4. The number of aromatic nitrogens is 2. The molecule has 1 heterocycles. The molecule has 0 aliphatic heterocycles. The summed E-state index contributed by atoms with van der Waals surface area (Å²) in [7, 11) is -2.43. The molecular formula is C39H45N3O5S. The molecule has 9 heteroatoms. The van der Waals surface area contributed by atoms with Crippen molar-refractivity contribution in [2.45, 2.75) is 76.8 Å². The summed E-state index contributed by atoms with van der Waals surface area (Å²) >= 11 is 0. The van der Waals surface area contributed by atoms with Crippen molar-refractivity contribution in [1.82, 2.24) is 9.55 Å². The summed E-state index contributed by atoms with van der Waals surface area (Å²) in [6, 6.07) is 29.8. The zero-order valence-corrected chi connectivity index (χ0v) is 29.1. The number of methoxy groups -OCH3 is 1. The Morgan fingerprint density at radius 2 is 1.58 bits per heavy atom. The fourth-order valence-electron chi connectivity index (χ4n) is 5.73. The van der Waals surface area contributed by atoms with Crippen molar-refractivity contribution in [1.29, 1.82) is 0 Å². The van der Waals surface area contributed by atoms with E-state index in [1.54, 1.807) is 16.4 Å². The van der Waals surface area contributed by atoms with Gasteiger partial charge >= 0.3 is 5.97 Å². The highest BCUT2D eigenvalue weighted by Gasteiger charge is 2.26. The number of hydrogen-bond acceptors (Lipinski definition) is 6. The van der Waals surface area contributed by atoms with Crippen molar-refractivity contribution in [3.05, 3.63) is 120 Å². The minimum atomic E-state index is -3.79. The monoisotopic (exact) mass is 667 g/mol. The number of fused-ring (bicyclic) bond motifs is 1. The zero-order chi connectivity index (χ0) is 34.1. The number of nitrogens with zero attached hydrogens (tertiary/aromatic N) is 3. The van der Waals surface area contributed by atoms with E-state index in [-0.39, 0.29) is 4.90 Å². The quantitative estimate of drug-likeness (QED) is 0.0775. The molecule has 1 atom stereocenters. The Morgan fingerprint density at radius 1 is 0.875 bits per heavy atom. The van der Waals surface area contributed by atoms with Crippen molar-refractivity contribution >= 4 is 32.7 Å². The average molecular weight is 668 g/mol. The number of sulfonamides is 1. The van der Waals surface area contributed by atoms with Gasteiger partial charge in [0, 0.05) is 25.1 Å². The minimum Gasteiger partial charge on any atom is -0.474 e. The van der Waals surface area contributed by atoms with Crippen LogP contribution in [0.3, 0.4) is 0 Å². The highest BCUT2D eigenvalue weighted by molar-refractivity contribution is 7.92. The second kappa shape index (κ2) is 16.0. The first kappa shape index (κ1) is 34.7. The molecule has 0 radical (unpaired) electrons. The molecule has 0 aliphatic carbocycles. The minimum absolute atomic E-state index is 0.283. The van der Waals surface area contributed by atoms with Crippen molar-refractivity contribution in [2.24, 2.45) is 0 Å². The highest BCUT2D eigenvalue weighted by atomic mass is 32.2. The maximum atomic E-state index is 14.0. The average Bonchev–Trinajstić information content (AvgIpc) is 3.44. The second-order valence-corrected chi connectivity index (χ2v) is 13.9. The van der Waals surface area contributed by atoms with E-state index in [1.807, 2.05) is 91.9 Å². The molecule has 0 saturated heterocycles. The van der Waals surface area contributed by atoms with Crippen molar-refractivity contribution in [2.75, 3.05) is 18.0 Å². The SMILES string of the molecule is CCCCCN(c1ccc2nc(CCCC)n(Cc3ccc(OC(C(=O)OC)c4ccccc4)cc3)c2c1)S(=O)(=O)c1ccc(C)cc1. The number of ether oxygens (including phenoxy) is 2. The van der Waals surface area contributed by atoms with Gasteiger partial charge in [-0.15, -0.1) is 0 Å². The first-order valence-electron chi connectivity index (χ1n) is 16.7. The van der Waals surface area contributed by atoms with Gasteiger partial charge in [0.05, 0.1) is 28.7 Å². The summed E-state index contributed by atoms with van der Waals surface area (Å²) < 4.78 is 42.9. The first-order chi connectivity index (χ1) is 23.2. The Kier molecular flexibility index (Phi) is 11.5. The Morgan fingerprint density at radius 3 is 2.25 bits per heavy atom. The molecule has 5 rings (SSSR count). The number of imidazole rings is 1. The van der Waals surface area contributed by atoms with Crippen molar-refractivity contribution in [3.63, 3.8) is 0 Å². The van der Waals surface area contributed by atoms with Gasteiger partial charge in [0.15, 0.2) is 0 Å². The molecule has 0 saturated carbocycles. The molecular weight excluding hydrogens is 623 g/mol. The largest absolute Gasteiger partial charge is 0.474 e. The van der Waals surface area contributed by atoms with Crippen LogP contribution in [-0.4, -0.2) is 37.6 Å². The topological polar surface area (TPSA) is 90.7 Å². The van der Waals surface area contributed by atoms with Gasteiger partial charge in [-0.2, -0.15) is 0 Å². The summed E-state index contributed by atoms with van der Waals surface area (Å²) in [6.45, 7) is 7.15. The van der Waals surface area contributed by atoms with Gasteiger partial charge in [0.25, 0.3) is 10.0 Å². The molecule has 0 aliphatic rings. The van der Waals surface area contributed by atoms with Gasteiger partial charge in [-0.1, -0.05) is 93.3 Å². The molecule has 0 fully saturated rings. The van der Waals surface area contributed by atoms with E-state index in [4.69, 9.17) is 14.5 Å². The van der Waals surface area contributed by atoms with Gasteiger partial charge in [0.1, 0.15) is 11.6 Å². The van der Waals surface area contributed by atoms with Crippen LogP contribution in [0.5, 0.6) is 5.75 Å². The lowest BCUT2D eigenvalue weighted by molar-refractivity contribution is -0.149. The van der Waals surface area contributed by atoms with Crippen LogP contribution in [0.4, 0.5) is 5.69 Å². The van der Waals surface area contributed by atoms with E-state index in [0.29, 0.717) is 30.1 Å². The Balaban J connectivity index is 1.48. The number of hydrogen-bond donors (Lipinski definition) is 0. The maximum Gasteiger partial charge on any atom is 0.351 e. The maximum absolute atomic E-state index is 14.0. The Labute approximate surface area is 284 Å². The fraction of sp³-hybridized carbons (Fsp3) is 0.333. The third-order valence-electron chi connectivity index (χ3n) is 8.46. The van der Waals surface area contributed by atoms with Gasteiger partial charge in [0.2, 0.25) is 6.10 Å². The van der Waals surface area contributed by atoms with E-state index in [0.717, 1.165) is 66.5 Å². The molecule has 5 aromatic rings. The Hall–Kier alpha value is -4.63. The molecule has 8 nitrogen and oxygen atoms in total. The highest BCUT2D eigenvalue weighted by Crippen LogP contribution is 2.30. The number of carbonyl (C=O) groups is 1. The normalized spacial score (nSPS) is 12.2. The van der Waals surface area contributed by atoms with Crippen LogP contribution >= 0.6 is 0 Å². The fourth-order valence-corrected chi connectivity index (χ4v) is 7.22. The molecule has 0 N–H and O–H groups in total. The van der Waals surface area contributed by atoms with Crippen molar-refractivity contribution in [3.8, 4) is 5.75 Å². The number of rotatable bonds is 16. The molecule has 0 bridgehead atoms. The lowest BCUT2D eigenvalue weighted by atomic mass is 10.1. The van der Waals surface area contributed by atoms with Crippen LogP contribution < -0.4 is 9.04 Å². The molecule has 252 valence electrons. The van der Waals surface area contributed by atoms with Crippen LogP contribution in [0, 0.1) is 6.92 Å². The van der Waals surface area contributed by atoms with Crippen LogP contribution in [0.2, 0.25) is 0 Å².